The summed E-state index contributed by atoms with van der Waals surface area (Å²) in [7, 11) is 0. The Balaban J connectivity index is 1.66. The number of alkyl halides is 2. The van der Waals surface area contributed by atoms with E-state index in [2.05, 4.69) is 9.36 Å². The van der Waals surface area contributed by atoms with Crippen LogP contribution in [-0.4, -0.2) is 45.5 Å². The number of morpholine rings is 1. The third-order valence-corrected chi connectivity index (χ3v) is 4.48. The Morgan fingerprint density at radius 1 is 1.50 bits per heavy atom. The Labute approximate surface area is 121 Å². The van der Waals surface area contributed by atoms with E-state index < -0.39 is 12.0 Å². The van der Waals surface area contributed by atoms with Gasteiger partial charge in [0.15, 0.2) is 0 Å². The standard InChI is InChI=1S/C13H19F2N3OS/c1-8-5-18(7-13(2,19-8)12(14)15)6-10-16-11(17-20-10)9-3-4-9/h8-9,12H,3-7H2,1-2H3. The first-order valence-electron chi connectivity index (χ1n) is 6.97. The fourth-order valence-corrected chi connectivity index (χ4v) is 3.44. The molecule has 1 aliphatic heterocycles. The van der Waals surface area contributed by atoms with Gasteiger partial charge in [-0.1, -0.05) is 0 Å². The third kappa shape index (κ3) is 2.99. The Morgan fingerprint density at radius 2 is 2.25 bits per heavy atom. The van der Waals surface area contributed by atoms with Crippen LogP contribution in [0.4, 0.5) is 8.78 Å². The molecule has 0 bridgehead atoms. The van der Waals surface area contributed by atoms with Crippen molar-refractivity contribution < 1.29 is 13.5 Å². The molecule has 1 saturated carbocycles. The molecule has 7 heteroatoms. The van der Waals surface area contributed by atoms with E-state index in [1.807, 2.05) is 11.8 Å². The fraction of sp³-hybridized carbons (Fsp3) is 0.846. The van der Waals surface area contributed by atoms with Gasteiger partial charge in [-0.2, -0.15) is 4.37 Å². The predicted molar refractivity (Wildman–Crippen MR) is 72.1 cm³/mol. The summed E-state index contributed by atoms with van der Waals surface area (Å²) in [4.78, 5) is 6.52. The van der Waals surface area contributed by atoms with E-state index >= 15 is 0 Å². The van der Waals surface area contributed by atoms with Gasteiger partial charge < -0.3 is 4.74 Å². The maximum Gasteiger partial charge on any atom is 0.268 e. The quantitative estimate of drug-likeness (QED) is 0.857. The van der Waals surface area contributed by atoms with Crippen molar-refractivity contribution in [2.75, 3.05) is 13.1 Å². The summed E-state index contributed by atoms with van der Waals surface area (Å²) in [6.07, 6.45) is -0.328. The molecule has 2 unspecified atom stereocenters. The van der Waals surface area contributed by atoms with Crippen LogP contribution in [0.5, 0.6) is 0 Å². The lowest BCUT2D eigenvalue weighted by Crippen LogP contribution is -2.56. The van der Waals surface area contributed by atoms with Crippen LogP contribution in [0, 0.1) is 0 Å². The second-order valence-corrected chi connectivity index (χ2v) is 6.87. The molecule has 1 aliphatic carbocycles. The summed E-state index contributed by atoms with van der Waals surface area (Å²) in [5.74, 6) is 1.47. The van der Waals surface area contributed by atoms with E-state index in [0.29, 0.717) is 19.0 Å². The molecule has 2 fully saturated rings. The molecule has 0 N–H and O–H groups in total. The number of ether oxygens (including phenoxy) is 1. The fourth-order valence-electron chi connectivity index (χ4n) is 2.68. The zero-order valence-electron chi connectivity index (χ0n) is 11.7. The molecular formula is C13H19F2N3OS. The molecule has 20 heavy (non-hydrogen) atoms. The average Bonchev–Trinajstić information content (AvgIpc) is 3.09. The van der Waals surface area contributed by atoms with Gasteiger partial charge in [-0.15, -0.1) is 0 Å². The molecular weight excluding hydrogens is 284 g/mol. The summed E-state index contributed by atoms with van der Waals surface area (Å²) in [5.41, 5.74) is -1.39. The van der Waals surface area contributed by atoms with Crippen LogP contribution in [0.2, 0.25) is 0 Å². The molecule has 1 aromatic rings. The number of hydrogen-bond donors (Lipinski definition) is 0. The number of rotatable bonds is 4. The molecule has 0 spiro atoms. The average molecular weight is 303 g/mol. The minimum Gasteiger partial charge on any atom is -0.364 e. The summed E-state index contributed by atoms with van der Waals surface area (Å²) in [5, 5.41) is 0.914. The SMILES string of the molecule is CC1CN(Cc2nc(C3CC3)ns2)CC(C)(C(F)F)O1. The maximum absolute atomic E-state index is 13.1. The van der Waals surface area contributed by atoms with Crippen molar-refractivity contribution >= 4 is 11.5 Å². The summed E-state index contributed by atoms with van der Waals surface area (Å²) >= 11 is 1.39. The Hall–Kier alpha value is -0.660. The molecule has 0 aromatic carbocycles. The first-order chi connectivity index (χ1) is 9.46. The maximum atomic E-state index is 13.1. The molecule has 112 valence electrons. The molecule has 4 nitrogen and oxygen atoms in total. The molecule has 2 atom stereocenters. The van der Waals surface area contributed by atoms with Gasteiger partial charge in [0.05, 0.1) is 12.6 Å². The van der Waals surface area contributed by atoms with E-state index in [4.69, 9.17) is 4.74 Å². The van der Waals surface area contributed by atoms with Gasteiger partial charge >= 0.3 is 0 Å². The normalized spacial score (nSPS) is 31.9. The molecule has 2 heterocycles. The van der Waals surface area contributed by atoms with Gasteiger partial charge in [-0.05, 0) is 38.2 Å². The van der Waals surface area contributed by atoms with Crippen molar-refractivity contribution in [2.45, 2.75) is 57.3 Å². The molecule has 2 aliphatic rings. The van der Waals surface area contributed by atoms with Gasteiger partial charge in [0, 0.05) is 19.0 Å². The van der Waals surface area contributed by atoms with E-state index in [0.717, 1.165) is 10.8 Å². The second kappa shape index (κ2) is 5.27. The van der Waals surface area contributed by atoms with Gasteiger partial charge in [0.25, 0.3) is 6.43 Å². The van der Waals surface area contributed by atoms with Crippen LogP contribution in [0.3, 0.4) is 0 Å². The molecule has 0 radical (unpaired) electrons. The van der Waals surface area contributed by atoms with Crippen molar-refractivity contribution in [3.8, 4) is 0 Å². The van der Waals surface area contributed by atoms with Crippen molar-refractivity contribution in [3.05, 3.63) is 10.8 Å². The highest BCUT2D eigenvalue weighted by atomic mass is 32.1. The number of nitrogens with zero attached hydrogens (tertiary/aromatic N) is 3. The van der Waals surface area contributed by atoms with Gasteiger partial charge in [0.1, 0.15) is 16.4 Å². The van der Waals surface area contributed by atoms with Gasteiger partial charge in [0.2, 0.25) is 0 Å². The third-order valence-electron chi connectivity index (χ3n) is 3.77. The predicted octanol–water partition coefficient (Wildman–Crippen LogP) is 2.66. The largest absolute Gasteiger partial charge is 0.364 e. The highest BCUT2D eigenvalue weighted by molar-refractivity contribution is 7.05. The van der Waals surface area contributed by atoms with E-state index in [1.54, 1.807) is 0 Å². The smallest absolute Gasteiger partial charge is 0.268 e. The summed E-state index contributed by atoms with van der Waals surface area (Å²) < 4.78 is 36.1. The van der Waals surface area contributed by atoms with Gasteiger partial charge in [-0.3, -0.25) is 4.90 Å². The first kappa shape index (κ1) is 14.3. The van der Waals surface area contributed by atoms with Crippen LogP contribution in [-0.2, 0) is 11.3 Å². The molecule has 0 amide bonds. The van der Waals surface area contributed by atoms with Crippen LogP contribution < -0.4 is 0 Å². The van der Waals surface area contributed by atoms with E-state index in [-0.39, 0.29) is 12.6 Å². The highest BCUT2D eigenvalue weighted by Crippen LogP contribution is 2.39. The summed E-state index contributed by atoms with van der Waals surface area (Å²) in [6.45, 7) is 4.78. The number of halogens is 2. The second-order valence-electron chi connectivity index (χ2n) is 6.03. The van der Waals surface area contributed by atoms with Crippen molar-refractivity contribution in [2.24, 2.45) is 0 Å². The lowest BCUT2D eigenvalue weighted by Gasteiger charge is -2.42. The minimum absolute atomic E-state index is 0.196. The van der Waals surface area contributed by atoms with Crippen LogP contribution in [0.25, 0.3) is 0 Å². The molecule has 1 saturated heterocycles. The Kier molecular flexibility index (Phi) is 3.77. The van der Waals surface area contributed by atoms with Crippen molar-refractivity contribution in [1.82, 2.24) is 14.3 Å². The Bertz CT molecular complexity index is 480. The van der Waals surface area contributed by atoms with E-state index in [1.165, 1.54) is 31.3 Å². The monoisotopic (exact) mass is 303 g/mol. The topological polar surface area (TPSA) is 38.2 Å². The van der Waals surface area contributed by atoms with Crippen LogP contribution in [0.1, 0.15) is 43.4 Å². The van der Waals surface area contributed by atoms with Gasteiger partial charge in [-0.25, -0.2) is 13.8 Å². The first-order valence-corrected chi connectivity index (χ1v) is 7.74. The van der Waals surface area contributed by atoms with Crippen LogP contribution in [0.15, 0.2) is 0 Å². The minimum atomic E-state index is -2.48. The summed E-state index contributed by atoms with van der Waals surface area (Å²) in [6, 6.07) is 0. The lowest BCUT2D eigenvalue weighted by atomic mass is 10.0. The number of aromatic nitrogens is 2. The zero-order chi connectivity index (χ0) is 14.3. The molecule has 3 rings (SSSR count). The molecule has 1 aromatic heterocycles. The number of hydrogen-bond acceptors (Lipinski definition) is 5. The lowest BCUT2D eigenvalue weighted by molar-refractivity contribution is -0.199. The van der Waals surface area contributed by atoms with Crippen molar-refractivity contribution in [1.29, 1.82) is 0 Å². The van der Waals surface area contributed by atoms with E-state index in [9.17, 15) is 8.78 Å². The zero-order valence-corrected chi connectivity index (χ0v) is 12.5. The van der Waals surface area contributed by atoms with Crippen molar-refractivity contribution in [3.63, 3.8) is 0 Å². The highest BCUT2D eigenvalue weighted by Gasteiger charge is 2.43. The van der Waals surface area contributed by atoms with Crippen LogP contribution >= 0.6 is 11.5 Å². The Morgan fingerprint density at radius 3 is 2.90 bits per heavy atom.